The van der Waals surface area contributed by atoms with E-state index in [1.54, 1.807) is 6.07 Å². The molecule has 0 aromatic carbocycles. The summed E-state index contributed by atoms with van der Waals surface area (Å²) in [5.74, 6) is 0.121. The molecule has 6 nitrogen and oxygen atoms in total. The summed E-state index contributed by atoms with van der Waals surface area (Å²) in [6.45, 7) is 0.763. The first kappa shape index (κ1) is 10.5. The number of likely N-dealkylation sites (tertiary alicyclic amines) is 1. The molecule has 2 heterocycles. The first-order valence-corrected chi connectivity index (χ1v) is 4.95. The summed E-state index contributed by atoms with van der Waals surface area (Å²) >= 11 is 0. The lowest BCUT2D eigenvalue weighted by atomic mass is 10.3. The Labute approximate surface area is 92.1 Å². The highest BCUT2D eigenvalue weighted by Crippen LogP contribution is 2.24. The van der Waals surface area contributed by atoms with Crippen LogP contribution >= 0.6 is 0 Å². The van der Waals surface area contributed by atoms with Crippen molar-refractivity contribution in [2.75, 3.05) is 13.1 Å². The van der Waals surface area contributed by atoms with Gasteiger partial charge < -0.3 is 19.8 Å². The minimum absolute atomic E-state index is 0.0312. The monoisotopic (exact) mass is 224 g/mol. The van der Waals surface area contributed by atoms with E-state index in [1.165, 1.54) is 17.2 Å². The van der Waals surface area contributed by atoms with Crippen LogP contribution in [0.3, 0.4) is 0 Å². The third-order valence-electron chi connectivity index (χ3n) is 2.44. The molecule has 1 aromatic rings. The third kappa shape index (κ3) is 2.16. The first-order valence-electron chi connectivity index (χ1n) is 4.95. The molecule has 1 aliphatic rings. The maximum Gasteiger partial charge on any atom is 0.407 e. The van der Waals surface area contributed by atoms with Crippen molar-refractivity contribution in [3.05, 3.63) is 18.3 Å². The second-order valence-corrected chi connectivity index (χ2v) is 3.58. The molecular formula is C10H12N2O4. The van der Waals surface area contributed by atoms with Crippen molar-refractivity contribution < 1.29 is 19.7 Å². The molecule has 0 aliphatic carbocycles. The SMILES string of the molecule is O=C(O)N1CCC(Oc2ncccc2O)C1. The quantitative estimate of drug-likeness (QED) is 0.780. The predicted octanol–water partition coefficient (Wildman–Crippen LogP) is 0.918. The summed E-state index contributed by atoms with van der Waals surface area (Å²) in [6.07, 6.45) is 0.939. The number of carbonyl (C=O) groups is 1. The van der Waals surface area contributed by atoms with E-state index in [4.69, 9.17) is 9.84 Å². The average molecular weight is 224 g/mol. The fourth-order valence-electron chi connectivity index (χ4n) is 1.63. The number of aromatic nitrogens is 1. The number of hydrogen-bond donors (Lipinski definition) is 2. The first-order chi connectivity index (χ1) is 7.66. The van der Waals surface area contributed by atoms with E-state index >= 15 is 0 Å². The van der Waals surface area contributed by atoms with Crippen molar-refractivity contribution in [1.29, 1.82) is 0 Å². The Morgan fingerprint density at radius 1 is 1.62 bits per heavy atom. The molecular weight excluding hydrogens is 212 g/mol. The van der Waals surface area contributed by atoms with Crippen molar-refractivity contribution in [3.8, 4) is 11.6 Å². The van der Waals surface area contributed by atoms with Gasteiger partial charge in [-0.3, -0.25) is 0 Å². The van der Waals surface area contributed by atoms with E-state index in [9.17, 15) is 9.90 Å². The molecule has 2 rings (SSSR count). The van der Waals surface area contributed by atoms with Crippen LogP contribution in [-0.2, 0) is 0 Å². The Kier molecular flexibility index (Phi) is 2.80. The Bertz CT molecular complexity index is 396. The van der Waals surface area contributed by atoms with Crippen LogP contribution in [0.5, 0.6) is 11.6 Å². The van der Waals surface area contributed by atoms with Gasteiger partial charge in [-0.15, -0.1) is 0 Å². The van der Waals surface area contributed by atoms with Gasteiger partial charge in [-0.2, -0.15) is 0 Å². The molecule has 1 fully saturated rings. The minimum Gasteiger partial charge on any atom is -0.503 e. The van der Waals surface area contributed by atoms with E-state index in [0.29, 0.717) is 19.5 Å². The molecule has 16 heavy (non-hydrogen) atoms. The highest BCUT2D eigenvalue weighted by molar-refractivity contribution is 5.65. The van der Waals surface area contributed by atoms with Crippen LogP contribution < -0.4 is 4.74 Å². The summed E-state index contributed by atoms with van der Waals surface area (Å²) in [5, 5.41) is 18.2. The molecule has 1 aliphatic heterocycles. The highest BCUT2D eigenvalue weighted by Gasteiger charge is 2.28. The van der Waals surface area contributed by atoms with Gasteiger partial charge in [0.15, 0.2) is 5.75 Å². The summed E-state index contributed by atoms with van der Waals surface area (Å²) < 4.78 is 5.42. The summed E-state index contributed by atoms with van der Waals surface area (Å²) in [5.41, 5.74) is 0. The molecule has 86 valence electrons. The van der Waals surface area contributed by atoms with Crippen LogP contribution in [-0.4, -0.2) is 45.4 Å². The van der Waals surface area contributed by atoms with Crippen LogP contribution in [0.15, 0.2) is 18.3 Å². The lowest BCUT2D eigenvalue weighted by Crippen LogP contribution is -2.29. The fourth-order valence-corrected chi connectivity index (χ4v) is 1.63. The van der Waals surface area contributed by atoms with Crippen molar-refractivity contribution >= 4 is 6.09 Å². The molecule has 0 saturated carbocycles. The third-order valence-corrected chi connectivity index (χ3v) is 2.44. The smallest absolute Gasteiger partial charge is 0.407 e. The van der Waals surface area contributed by atoms with Crippen LogP contribution in [0, 0.1) is 0 Å². The number of amides is 1. The van der Waals surface area contributed by atoms with E-state index in [1.807, 2.05) is 0 Å². The number of nitrogens with zero attached hydrogens (tertiary/aromatic N) is 2. The van der Waals surface area contributed by atoms with Crippen molar-refractivity contribution in [1.82, 2.24) is 9.88 Å². The number of aromatic hydroxyl groups is 1. The number of pyridine rings is 1. The zero-order valence-electron chi connectivity index (χ0n) is 8.54. The minimum atomic E-state index is -0.948. The average Bonchev–Trinajstić information content (AvgIpc) is 2.70. The zero-order chi connectivity index (χ0) is 11.5. The van der Waals surface area contributed by atoms with Crippen LogP contribution in [0.2, 0.25) is 0 Å². The Balaban J connectivity index is 1.97. The number of hydrogen-bond acceptors (Lipinski definition) is 4. The fraction of sp³-hybridized carbons (Fsp3) is 0.400. The molecule has 1 amide bonds. The van der Waals surface area contributed by atoms with E-state index < -0.39 is 6.09 Å². The van der Waals surface area contributed by atoms with Gasteiger partial charge in [-0.05, 0) is 12.1 Å². The normalized spacial score (nSPS) is 19.8. The van der Waals surface area contributed by atoms with Crippen LogP contribution in [0.4, 0.5) is 4.79 Å². The molecule has 1 unspecified atom stereocenters. The molecule has 1 atom stereocenters. The molecule has 1 saturated heterocycles. The van der Waals surface area contributed by atoms with Crippen molar-refractivity contribution in [2.24, 2.45) is 0 Å². The van der Waals surface area contributed by atoms with Crippen molar-refractivity contribution in [3.63, 3.8) is 0 Å². The summed E-state index contributed by atoms with van der Waals surface area (Å²) in [6, 6.07) is 3.08. The van der Waals surface area contributed by atoms with Gasteiger partial charge in [-0.25, -0.2) is 9.78 Å². The standard InChI is InChI=1S/C10H12N2O4/c13-8-2-1-4-11-9(8)16-7-3-5-12(6-7)10(14)15/h1-2,4,7,13H,3,5-6H2,(H,14,15). The molecule has 1 aromatic heterocycles. The van der Waals surface area contributed by atoms with E-state index in [2.05, 4.69) is 4.98 Å². The Morgan fingerprint density at radius 3 is 3.06 bits per heavy atom. The Hall–Kier alpha value is -1.98. The summed E-state index contributed by atoms with van der Waals surface area (Å²) in [7, 11) is 0. The number of rotatable bonds is 2. The van der Waals surface area contributed by atoms with E-state index in [0.717, 1.165) is 0 Å². The topological polar surface area (TPSA) is 82.9 Å². The molecule has 2 N–H and O–H groups in total. The Morgan fingerprint density at radius 2 is 2.44 bits per heavy atom. The van der Waals surface area contributed by atoms with Gasteiger partial charge in [0, 0.05) is 19.2 Å². The number of carboxylic acid groups (broad SMARTS) is 1. The van der Waals surface area contributed by atoms with Crippen molar-refractivity contribution in [2.45, 2.75) is 12.5 Å². The molecule has 6 heteroatoms. The number of ether oxygens (including phenoxy) is 1. The van der Waals surface area contributed by atoms with Gasteiger partial charge in [0.2, 0.25) is 0 Å². The van der Waals surface area contributed by atoms with Gasteiger partial charge in [-0.1, -0.05) is 0 Å². The zero-order valence-corrected chi connectivity index (χ0v) is 8.54. The van der Waals surface area contributed by atoms with Gasteiger partial charge >= 0.3 is 6.09 Å². The lowest BCUT2D eigenvalue weighted by molar-refractivity contribution is 0.143. The largest absolute Gasteiger partial charge is 0.503 e. The molecule has 0 spiro atoms. The van der Waals surface area contributed by atoms with Gasteiger partial charge in [0.25, 0.3) is 5.88 Å². The van der Waals surface area contributed by atoms with Gasteiger partial charge in [0.1, 0.15) is 6.10 Å². The van der Waals surface area contributed by atoms with Crippen LogP contribution in [0.1, 0.15) is 6.42 Å². The van der Waals surface area contributed by atoms with Crippen LogP contribution in [0.25, 0.3) is 0 Å². The second kappa shape index (κ2) is 4.26. The molecule has 0 bridgehead atoms. The second-order valence-electron chi connectivity index (χ2n) is 3.58. The predicted molar refractivity (Wildman–Crippen MR) is 54.5 cm³/mol. The van der Waals surface area contributed by atoms with Gasteiger partial charge in [0.05, 0.1) is 6.54 Å². The highest BCUT2D eigenvalue weighted by atomic mass is 16.5. The maximum absolute atomic E-state index is 10.7. The maximum atomic E-state index is 10.7. The summed E-state index contributed by atoms with van der Waals surface area (Å²) in [4.78, 5) is 15.8. The lowest BCUT2D eigenvalue weighted by Gasteiger charge is -2.14. The van der Waals surface area contributed by atoms with E-state index in [-0.39, 0.29) is 17.7 Å². The molecule has 0 radical (unpaired) electrons.